The second kappa shape index (κ2) is 7.54. The minimum absolute atomic E-state index is 0.0228. The first kappa shape index (κ1) is 22.4. The van der Waals surface area contributed by atoms with Crippen LogP contribution < -0.4 is 15.4 Å². The summed E-state index contributed by atoms with van der Waals surface area (Å²) >= 11 is 0. The summed E-state index contributed by atoms with van der Waals surface area (Å²) in [5, 5.41) is 5.68. The van der Waals surface area contributed by atoms with Crippen LogP contribution in [0.2, 0.25) is 0 Å². The molecule has 34 heavy (non-hydrogen) atoms. The van der Waals surface area contributed by atoms with Crippen LogP contribution in [0.3, 0.4) is 0 Å². The molecule has 2 bridgehead atoms. The normalized spacial score (nSPS) is 26.9. The number of carbonyl (C=O) groups excluding carboxylic acids is 3. The first-order valence-electron chi connectivity index (χ1n) is 10.9. The number of alkyl halides is 3. The number of amides is 2. The van der Waals surface area contributed by atoms with Crippen molar-refractivity contribution in [2.24, 2.45) is 5.41 Å². The van der Waals surface area contributed by atoms with E-state index in [-0.39, 0.29) is 30.6 Å². The van der Waals surface area contributed by atoms with E-state index in [1.807, 2.05) is 13.0 Å². The molecule has 1 aromatic carbocycles. The molecule has 10 heteroatoms. The minimum Gasteiger partial charge on any atom is -0.479 e. The number of rotatable bonds is 5. The van der Waals surface area contributed by atoms with Gasteiger partial charge in [0.05, 0.1) is 35.2 Å². The van der Waals surface area contributed by atoms with Crippen molar-refractivity contribution in [2.45, 2.75) is 57.0 Å². The highest BCUT2D eigenvalue weighted by molar-refractivity contribution is 6.03. The Balaban J connectivity index is 1.12. The Hall–Kier alpha value is -3.43. The molecule has 0 saturated heterocycles. The van der Waals surface area contributed by atoms with E-state index in [1.165, 1.54) is 6.07 Å². The van der Waals surface area contributed by atoms with Gasteiger partial charge >= 0.3 is 6.18 Å². The minimum atomic E-state index is -4.46. The van der Waals surface area contributed by atoms with Gasteiger partial charge in [0.25, 0.3) is 5.91 Å². The summed E-state index contributed by atoms with van der Waals surface area (Å²) < 4.78 is 43.6. The molecule has 4 aliphatic rings. The molecule has 7 nitrogen and oxygen atoms in total. The molecular weight excluding hydrogens is 451 g/mol. The van der Waals surface area contributed by atoms with Crippen molar-refractivity contribution in [1.29, 1.82) is 0 Å². The Bertz CT molecular complexity index is 1170. The molecule has 1 aromatic heterocycles. The first-order valence-corrected chi connectivity index (χ1v) is 10.9. The smallest absolute Gasteiger partial charge is 0.417 e. The van der Waals surface area contributed by atoms with Gasteiger partial charge in [0.1, 0.15) is 5.75 Å². The average molecular weight is 473 g/mol. The summed E-state index contributed by atoms with van der Waals surface area (Å²) in [5.41, 5.74) is -0.182. The molecule has 1 aliphatic heterocycles. The van der Waals surface area contributed by atoms with Crippen LogP contribution in [0, 0.1) is 12.3 Å². The van der Waals surface area contributed by atoms with Crippen LogP contribution in [0.15, 0.2) is 36.5 Å². The van der Waals surface area contributed by atoms with Crippen molar-refractivity contribution in [2.75, 3.05) is 0 Å². The van der Waals surface area contributed by atoms with Crippen LogP contribution in [0.25, 0.3) is 0 Å². The zero-order valence-electron chi connectivity index (χ0n) is 18.3. The number of pyridine rings is 1. The highest BCUT2D eigenvalue weighted by Crippen LogP contribution is 2.67. The van der Waals surface area contributed by atoms with E-state index in [4.69, 9.17) is 4.74 Å². The van der Waals surface area contributed by atoms with E-state index in [0.29, 0.717) is 36.3 Å². The molecule has 3 saturated carbocycles. The quantitative estimate of drug-likeness (QED) is 0.696. The van der Waals surface area contributed by atoms with Gasteiger partial charge < -0.3 is 15.4 Å². The monoisotopic (exact) mass is 473 g/mol. The van der Waals surface area contributed by atoms with Crippen LogP contribution in [-0.2, 0) is 22.3 Å². The van der Waals surface area contributed by atoms with E-state index in [1.54, 1.807) is 12.1 Å². The van der Waals surface area contributed by atoms with Gasteiger partial charge in [0, 0.05) is 11.7 Å². The number of ketones is 1. The lowest BCUT2D eigenvalue weighted by Crippen LogP contribution is -2.79. The Labute approximate surface area is 193 Å². The fourth-order valence-corrected chi connectivity index (χ4v) is 5.14. The number of nitrogens with one attached hydrogen (secondary N) is 2. The molecule has 1 atom stereocenters. The predicted molar refractivity (Wildman–Crippen MR) is 113 cm³/mol. The number of fused-ring (bicyclic) bond motifs is 1. The lowest BCUT2D eigenvalue weighted by Gasteiger charge is -2.69. The molecule has 2 aromatic rings. The van der Waals surface area contributed by atoms with Crippen molar-refractivity contribution < 1.29 is 32.3 Å². The van der Waals surface area contributed by atoms with Crippen molar-refractivity contribution in [1.82, 2.24) is 15.6 Å². The van der Waals surface area contributed by atoms with Gasteiger partial charge in [-0.15, -0.1) is 0 Å². The maximum Gasteiger partial charge on any atom is 0.417 e. The molecule has 0 radical (unpaired) electrons. The van der Waals surface area contributed by atoms with Crippen LogP contribution in [0.1, 0.15) is 52.9 Å². The third-order valence-electron chi connectivity index (χ3n) is 6.85. The Morgan fingerprint density at radius 2 is 1.91 bits per heavy atom. The number of ether oxygens (including phenoxy) is 1. The number of nitrogens with zero attached hydrogens (tertiary/aromatic N) is 1. The lowest BCUT2D eigenvalue weighted by molar-refractivity contribution is -0.185. The number of benzene rings is 1. The summed E-state index contributed by atoms with van der Waals surface area (Å²) in [4.78, 5) is 41.6. The summed E-state index contributed by atoms with van der Waals surface area (Å²) in [7, 11) is 0. The molecule has 2 heterocycles. The number of aryl methyl sites for hydroxylation is 1. The maximum absolute atomic E-state index is 12.8. The fourth-order valence-electron chi connectivity index (χ4n) is 5.14. The summed E-state index contributed by atoms with van der Waals surface area (Å²) in [5.74, 6) is -0.330. The van der Waals surface area contributed by atoms with Crippen LogP contribution in [-0.4, -0.2) is 34.2 Å². The molecule has 2 N–H and O–H groups in total. The standard InChI is InChI=1S/C24H22F3N3O4/c1-13-2-5-18-16(6-13)17(31)7-19(34-18)20(32)30-23-10-22(11-23,12-23)21(33)29-9-15-4-3-14(8-28-15)24(25,26)27/h2-6,8,19H,7,9-12H2,1H3,(H,29,33)(H,30,32)/t19-,22?,23?/m1/s1. The number of carbonyl (C=O) groups is 3. The van der Waals surface area contributed by atoms with Crippen molar-refractivity contribution in [3.63, 3.8) is 0 Å². The topological polar surface area (TPSA) is 97.4 Å². The Morgan fingerprint density at radius 3 is 2.56 bits per heavy atom. The molecule has 0 spiro atoms. The van der Waals surface area contributed by atoms with E-state index in [2.05, 4.69) is 15.6 Å². The van der Waals surface area contributed by atoms with Gasteiger partial charge in [-0.25, -0.2) is 0 Å². The maximum atomic E-state index is 12.8. The first-order chi connectivity index (χ1) is 16.0. The molecule has 3 aliphatic carbocycles. The van der Waals surface area contributed by atoms with Crippen LogP contribution in [0.5, 0.6) is 5.75 Å². The van der Waals surface area contributed by atoms with Gasteiger partial charge in [-0.3, -0.25) is 19.4 Å². The van der Waals surface area contributed by atoms with Crippen LogP contribution in [0.4, 0.5) is 13.2 Å². The largest absolute Gasteiger partial charge is 0.479 e. The van der Waals surface area contributed by atoms with Gasteiger partial charge in [0.2, 0.25) is 5.91 Å². The highest BCUT2D eigenvalue weighted by atomic mass is 19.4. The van der Waals surface area contributed by atoms with Crippen molar-refractivity contribution >= 4 is 17.6 Å². The molecular formula is C24H22F3N3O4. The highest BCUT2D eigenvalue weighted by Gasteiger charge is 2.72. The second-order valence-corrected chi connectivity index (χ2v) is 9.53. The second-order valence-electron chi connectivity index (χ2n) is 9.53. The number of hydrogen-bond acceptors (Lipinski definition) is 5. The average Bonchev–Trinajstić information content (AvgIpc) is 2.73. The molecule has 0 unspecified atom stereocenters. The van der Waals surface area contributed by atoms with Crippen molar-refractivity contribution in [3.8, 4) is 5.75 Å². The predicted octanol–water partition coefficient (Wildman–Crippen LogP) is 3.10. The fraction of sp³-hybridized carbons (Fsp3) is 0.417. The third kappa shape index (κ3) is 3.80. The van der Waals surface area contributed by atoms with E-state index < -0.39 is 28.8 Å². The molecule has 3 fully saturated rings. The zero-order chi connectivity index (χ0) is 24.3. The van der Waals surface area contributed by atoms with Gasteiger partial charge in [0.15, 0.2) is 11.9 Å². The van der Waals surface area contributed by atoms with E-state index >= 15 is 0 Å². The SMILES string of the molecule is Cc1ccc2c(c1)C(=O)C[C@H](C(=O)NC13CC(C(=O)NCc4ccc(C(F)(F)F)cn4)(C1)C3)O2. The van der Waals surface area contributed by atoms with Gasteiger partial charge in [-0.05, 0) is 50.5 Å². The molecule has 2 amide bonds. The van der Waals surface area contributed by atoms with E-state index in [9.17, 15) is 27.6 Å². The summed E-state index contributed by atoms with van der Waals surface area (Å²) in [6.07, 6.45) is -3.27. The number of hydrogen-bond donors (Lipinski definition) is 2. The summed E-state index contributed by atoms with van der Waals surface area (Å²) in [6, 6.07) is 7.41. The van der Waals surface area contributed by atoms with Gasteiger partial charge in [-0.1, -0.05) is 11.6 Å². The van der Waals surface area contributed by atoms with E-state index in [0.717, 1.165) is 17.8 Å². The third-order valence-corrected chi connectivity index (χ3v) is 6.85. The molecule has 6 rings (SSSR count). The molecule has 178 valence electrons. The van der Waals surface area contributed by atoms with Crippen LogP contribution >= 0.6 is 0 Å². The zero-order valence-corrected chi connectivity index (χ0v) is 18.3. The number of aromatic nitrogens is 1. The Morgan fingerprint density at radius 1 is 1.18 bits per heavy atom. The summed E-state index contributed by atoms with van der Waals surface area (Å²) in [6.45, 7) is 1.90. The van der Waals surface area contributed by atoms with Crippen molar-refractivity contribution in [3.05, 3.63) is 58.9 Å². The lowest BCUT2D eigenvalue weighted by atomic mass is 9.39. The van der Waals surface area contributed by atoms with Gasteiger partial charge in [-0.2, -0.15) is 13.2 Å². The number of halogens is 3. The number of Topliss-reactive ketones (excluding diaryl/α,β-unsaturated/α-hetero) is 1. The Kier molecular flexibility index (Phi) is 4.96.